The molecule has 21 heavy (non-hydrogen) atoms. The average molecular weight is 361 g/mol. The molecule has 0 aliphatic heterocycles. The number of hydrogen-bond acceptors (Lipinski definition) is 4. The number of nitrogens with zero attached hydrogens (tertiary/aromatic N) is 1. The minimum absolute atomic E-state index is 0.0650. The van der Waals surface area contributed by atoms with Crippen molar-refractivity contribution in [3.63, 3.8) is 0 Å². The first-order valence-electron chi connectivity index (χ1n) is 6.17. The highest BCUT2D eigenvalue weighted by Crippen LogP contribution is 2.14. The van der Waals surface area contributed by atoms with Gasteiger partial charge in [-0.25, -0.2) is 0 Å². The average Bonchev–Trinajstić information content (AvgIpc) is 2.78. The van der Waals surface area contributed by atoms with Crippen LogP contribution in [0.5, 0.6) is 0 Å². The number of carboxylic acid groups (broad SMARTS) is 1. The van der Waals surface area contributed by atoms with Crippen LogP contribution in [0.1, 0.15) is 31.3 Å². The first-order valence-corrected chi connectivity index (χ1v) is 6.96. The van der Waals surface area contributed by atoms with Gasteiger partial charge in [0.1, 0.15) is 6.54 Å². The van der Waals surface area contributed by atoms with Crippen LogP contribution in [-0.2, 0) is 9.59 Å². The van der Waals surface area contributed by atoms with Gasteiger partial charge in [-0.1, -0.05) is 0 Å². The zero-order valence-corrected chi connectivity index (χ0v) is 13.6. The molecule has 8 heteroatoms. The summed E-state index contributed by atoms with van der Waals surface area (Å²) in [7, 11) is 0. The number of rotatable bonds is 5. The number of amides is 2. The van der Waals surface area contributed by atoms with Gasteiger partial charge in [-0.15, -0.1) is 0 Å². The summed E-state index contributed by atoms with van der Waals surface area (Å²) in [6.45, 7) is 4.43. The molecule has 1 aromatic heterocycles. The molecule has 1 rings (SSSR count). The fourth-order valence-corrected chi connectivity index (χ4v) is 1.92. The molecule has 0 saturated carbocycles. The first kappa shape index (κ1) is 17.2. The third-order valence-electron chi connectivity index (χ3n) is 2.60. The van der Waals surface area contributed by atoms with Gasteiger partial charge in [0.2, 0.25) is 5.91 Å². The van der Waals surface area contributed by atoms with Gasteiger partial charge in [-0.3, -0.25) is 14.4 Å². The molecule has 7 nitrogen and oxygen atoms in total. The second-order valence-corrected chi connectivity index (χ2v) is 6.11. The quantitative estimate of drug-likeness (QED) is 0.828. The summed E-state index contributed by atoms with van der Waals surface area (Å²) in [5.41, 5.74) is -0.659. The van der Waals surface area contributed by atoms with E-state index in [1.54, 1.807) is 26.8 Å². The van der Waals surface area contributed by atoms with Crippen LogP contribution >= 0.6 is 15.9 Å². The van der Waals surface area contributed by atoms with Gasteiger partial charge in [0, 0.05) is 5.54 Å². The lowest BCUT2D eigenvalue weighted by atomic mass is 10.1. The summed E-state index contributed by atoms with van der Waals surface area (Å²) in [5, 5.41) is 11.3. The van der Waals surface area contributed by atoms with Crippen LogP contribution in [0.25, 0.3) is 0 Å². The number of hydrogen-bond donors (Lipinski definition) is 2. The molecular formula is C13H17BrN2O5. The predicted octanol–water partition coefficient (Wildman–Crippen LogP) is 1.48. The SMILES string of the molecule is CC(C)(C)N(CC(=O)O)C(=O)CNC(=O)c1ccc(Br)o1. The summed E-state index contributed by atoms with van der Waals surface area (Å²) in [4.78, 5) is 35.8. The molecule has 0 saturated heterocycles. The summed E-state index contributed by atoms with van der Waals surface area (Å²) in [6.07, 6.45) is 0. The smallest absolute Gasteiger partial charge is 0.323 e. The molecule has 0 unspecified atom stereocenters. The van der Waals surface area contributed by atoms with Gasteiger partial charge in [0.25, 0.3) is 5.91 Å². The van der Waals surface area contributed by atoms with Crippen LogP contribution in [-0.4, -0.2) is 46.4 Å². The maximum Gasteiger partial charge on any atom is 0.323 e. The fraction of sp³-hybridized carbons (Fsp3) is 0.462. The number of carboxylic acids is 1. The third-order valence-corrected chi connectivity index (χ3v) is 3.03. The molecule has 116 valence electrons. The Morgan fingerprint density at radius 3 is 2.38 bits per heavy atom. The maximum absolute atomic E-state index is 12.1. The second-order valence-electron chi connectivity index (χ2n) is 5.33. The van der Waals surface area contributed by atoms with Gasteiger partial charge < -0.3 is 19.7 Å². The van der Waals surface area contributed by atoms with Gasteiger partial charge in [0.15, 0.2) is 10.4 Å². The van der Waals surface area contributed by atoms with E-state index in [1.807, 2.05) is 0 Å². The van der Waals surface area contributed by atoms with Crippen molar-refractivity contribution in [2.45, 2.75) is 26.3 Å². The third kappa shape index (κ3) is 5.22. The molecule has 0 spiro atoms. The predicted molar refractivity (Wildman–Crippen MR) is 77.8 cm³/mol. The van der Waals surface area contributed by atoms with E-state index in [0.717, 1.165) is 0 Å². The van der Waals surface area contributed by atoms with Crippen molar-refractivity contribution in [2.75, 3.05) is 13.1 Å². The van der Waals surface area contributed by atoms with Crippen molar-refractivity contribution in [3.05, 3.63) is 22.6 Å². The van der Waals surface area contributed by atoms with Crippen molar-refractivity contribution in [3.8, 4) is 0 Å². The minimum Gasteiger partial charge on any atom is -0.480 e. The summed E-state index contributed by atoms with van der Waals surface area (Å²) in [6, 6.07) is 3.02. The van der Waals surface area contributed by atoms with Gasteiger partial charge >= 0.3 is 5.97 Å². The Kier molecular flexibility index (Phi) is 5.54. The van der Waals surface area contributed by atoms with Crippen molar-refractivity contribution >= 4 is 33.7 Å². The lowest BCUT2D eigenvalue weighted by molar-refractivity contribution is -0.147. The van der Waals surface area contributed by atoms with E-state index in [9.17, 15) is 14.4 Å². The fourth-order valence-electron chi connectivity index (χ4n) is 1.61. The van der Waals surface area contributed by atoms with Crippen LogP contribution in [0.3, 0.4) is 0 Å². The molecule has 0 bridgehead atoms. The summed E-state index contributed by atoms with van der Waals surface area (Å²) in [5.74, 6) is -2.07. The van der Waals surface area contributed by atoms with Crippen LogP contribution < -0.4 is 5.32 Å². The Bertz CT molecular complexity index is 547. The molecular weight excluding hydrogens is 344 g/mol. The molecule has 2 N–H and O–H groups in total. The highest BCUT2D eigenvalue weighted by Gasteiger charge is 2.28. The van der Waals surface area contributed by atoms with Crippen molar-refractivity contribution in [1.29, 1.82) is 0 Å². The number of carbonyl (C=O) groups is 3. The van der Waals surface area contributed by atoms with E-state index in [-0.39, 0.29) is 12.3 Å². The Hall–Kier alpha value is -1.83. The topological polar surface area (TPSA) is 99.9 Å². The van der Waals surface area contributed by atoms with E-state index in [1.165, 1.54) is 11.0 Å². The monoisotopic (exact) mass is 360 g/mol. The molecule has 0 aliphatic carbocycles. The Morgan fingerprint density at radius 2 is 1.95 bits per heavy atom. The van der Waals surface area contributed by atoms with Gasteiger partial charge in [0.05, 0.1) is 6.54 Å². The first-order chi connectivity index (χ1) is 9.61. The molecule has 0 aromatic carbocycles. The van der Waals surface area contributed by atoms with Crippen LogP contribution in [0.4, 0.5) is 0 Å². The minimum atomic E-state index is -1.11. The van der Waals surface area contributed by atoms with Crippen LogP contribution in [0.15, 0.2) is 21.2 Å². The van der Waals surface area contributed by atoms with E-state index in [4.69, 9.17) is 9.52 Å². The molecule has 0 fully saturated rings. The molecule has 0 atom stereocenters. The molecule has 1 heterocycles. The standard InChI is InChI=1S/C13H17BrN2O5/c1-13(2,3)16(7-11(18)19)10(17)6-15-12(20)8-4-5-9(14)21-8/h4-5H,6-7H2,1-3H3,(H,15,20)(H,18,19). The van der Waals surface area contributed by atoms with E-state index in [0.29, 0.717) is 4.67 Å². The van der Waals surface area contributed by atoms with E-state index >= 15 is 0 Å². The van der Waals surface area contributed by atoms with Gasteiger partial charge in [-0.05, 0) is 48.8 Å². The Balaban J connectivity index is 2.65. The van der Waals surface area contributed by atoms with Crippen LogP contribution in [0.2, 0.25) is 0 Å². The number of furan rings is 1. The lowest BCUT2D eigenvalue weighted by Crippen LogP contribution is -2.51. The molecule has 0 radical (unpaired) electrons. The zero-order valence-electron chi connectivity index (χ0n) is 12.0. The lowest BCUT2D eigenvalue weighted by Gasteiger charge is -2.34. The Morgan fingerprint density at radius 1 is 1.33 bits per heavy atom. The zero-order chi connectivity index (χ0) is 16.2. The highest BCUT2D eigenvalue weighted by molar-refractivity contribution is 9.10. The van der Waals surface area contributed by atoms with Crippen molar-refractivity contribution in [1.82, 2.24) is 10.2 Å². The van der Waals surface area contributed by atoms with E-state index in [2.05, 4.69) is 21.2 Å². The maximum atomic E-state index is 12.1. The Labute approximate surface area is 130 Å². The number of halogens is 1. The number of aliphatic carboxylic acids is 1. The largest absolute Gasteiger partial charge is 0.480 e. The summed E-state index contributed by atoms with van der Waals surface area (Å²) < 4.78 is 5.46. The van der Waals surface area contributed by atoms with E-state index < -0.39 is 29.9 Å². The number of carbonyl (C=O) groups excluding carboxylic acids is 2. The van der Waals surface area contributed by atoms with Crippen molar-refractivity contribution in [2.24, 2.45) is 0 Å². The molecule has 2 amide bonds. The number of nitrogens with one attached hydrogen (secondary N) is 1. The molecule has 0 aliphatic rings. The normalized spacial score (nSPS) is 11.0. The highest BCUT2D eigenvalue weighted by atomic mass is 79.9. The summed E-state index contributed by atoms with van der Waals surface area (Å²) >= 11 is 3.07. The van der Waals surface area contributed by atoms with Gasteiger partial charge in [-0.2, -0.15) is 0 Å². The second kappa shape index (κ2) is 6.75. The molecule has 1 aromatic rings. The van der Waals surface area contributed by atoms with Crippen molar-refractivity contribution < 1.29 is 23.9 Å². The van der Waals surface area contributed by atoms with Crippen LogP contribution in [0, 0.1) is 0 Å².